The van der Waals surface area contributed by atoms with E-state index >= 15 is 0 Å². The van der Waals surface area contributed by atoms with Crippen molar-refractivity contribution in [1.82, 2.24) is 10.8 Å². The number of nitrogens with one attached hydrogen (secondary N) is 2. The van der Waals surface area contributed by atoms with Gasteiger partial charge in [-0.05, 0) is 48.5 Å². The maximum absolute atomic E-state index is 12.4. The predicted molar refractivity (Wildman–Crippen MR) is 85.7 cm³/mol. The zero-order chi connectivity index (χ0) is 16.5. The molecular formula is C15H26N2O3S. The second-order valence-electron chi connectivity index (χ2n) is 7.35. The lowest BCUT2D eigenvalue weighted by atomic mass is 9.89. The Bertz CT molecular complexity index is 434. The highest BCUT2D eigenvalue weighted by molar-refractivity contribution is 8.03. The van der Waals surface area contributed by atoms with Crippen molar-refractivity contribution in [2.45, 2.75) is 75.6 Å². The second kappa shape index (κ2) is 6.13. The fourth-order valence-electron chi connectivity index (χ4n) is 2.63. The summed E-state index contributed by atoms with van der Waals surface area (Å²) in [6, 6.07) is -0.819. The molecule has 1 fully saturated rings. The van der Waals surface area contributed by atoms with Gasteiger partial charge < -0.3 is 5.32 Å². The molecule has 1 atom stereocenters. The summed E-state index contributed by atoms with van der Waals surface area (Å²) in [6.07, 6.45) is 1.13. The Kier molecular flexibility index (Phi) is 5.32. The maximum atomic E-state index is 12.4. The Hall–Kier alpha value is -0.810. The highest BCUT2D eigenvalue weighted by Gasteiger charge is 2.54. The van der Waals surface area contributed by atoms with Gasteiger partial charge in [0.25, 0.3) is 0 Å². The third-order valence-corrected chi connectivity index (χ3v) is 4.74. The van der Waals surface area contributed by atoms with E-state index in [1.54, 1.807) is 5.94 Å². The molecule has 0 aromatic rings. The first-order valence-corrected chi connectivity index (χ1v) is 7.86. The molecule has 1 saturated heterocycles. The molecule has 1 heterocycles. The molecule has 6 heteroatoms. The summed E-state index contributed by atoms with van der Waals surface area (Å²) in [5, 5.41) is 3.01. The van der Waals surface area contributed by atoms with E-state index in [1.165, 1.54) is 0 Å². The smallest absolute Gasteiger partial charge is 0.244 e. The Balaban J connectivity index is 2.72. The Morgan fingerprint density at radius 3 is 2.19 bits per heavy atom. The molecule has 0 aliphatic carbocycles. The zero-order valence-corrected chi connectivity index (χ0v) is 14.7. The van der Waals surface area contributed by atoms with Crippen LogP contribution in [0.3, 0.4) is 0 Å². The normalized spacial score (nSPS) is 21.9. The second-order valence-corrected chi connectivity index (χ2v) is 9.65. The molecule has 0 bridgehead atoms. The molecule has 5 nitrogen and oxygen atoms in total. The average Bonchev–Trinajstić information content (AvgIpc) is 2.28. The highest BCUT2D eigenvalue weighted by Crippen LogP contribution is 2.54. The summed E-state index contributed by atoms with van der Waals surface area (Å²) in [5.41, 5.74) is 2.17. The van der Waals surface area contributed by atoms with E-state index in [2.05, 4.69) is 38.5 Å². The number of hydroxylamine groups is 1. The number of hydrogen-bond donors (Lipinski definition) is 2. The summed E-state index contributed by atoms with van der Waals surface area (Å²) >= 11 is 1.83. The number of carbonyl (C=O) groups excluding carboxylic acids is 2. The first-order chi connectivity index (χ1) is 9.39. The van der Waals surface area contributed by atoms with Crippen LogP contribution in [0.1, 0.15) is 48.5 Å². The average molecular weight is 314 g/mol. The first kappa shape index (κ1) is 18.2. The molecule has 0 saturated carbocycles. The fraction of sp³-hybridized carbons (Fsp3) is 0.800. The number of hydrogen-bond acceptors (Lipinski definition) is 5. The maximum Gasteiger partial charge on any atom is 0.244 e. The van der Waals surface area contributed by atoms with Crippen LogP contribution in [0, 0.1) is 0 Å². The van der Waals surface area contributed by atoms with Crippen LogP contribution in [0.5, 0.6) is 0 Å². The Morgan fingerprint density at radius 2 is 1.81 bits per heavy atom. The van der Waals surface area contributed by atoms with Gasteiger partial charge in [0.1, 0.15) is 12.0 Å². The standard InChI is InChI=1S/C15H26N2O3S/c1-13(2,3)20-17-10(8-9-18)11(19)16-12-14(4,5)21-15(12,6)7/h8,10,12,17H,1-7H3,(H,16,19)/t10-/m1/s1. The van der Waals surface area contributed by atoms with Gasteiger partial charge in [-0.3, -0.25) is 9.63 Å². The van der Waals surface area contributed by atoms with Crippen LogP contribution in [0.2, 0.25) is 0 Å². The van der Waals surface area contributed by atoms with Crippen LogP contribution in [0.4, 0.5) is 0 Å². The molecule has 0 aromatic carbocycles. The Morgan fingerprint density at radius 1 is 1.29 bits per heavy atom. The molecule has 0 aromatic heterocycles. The summed E-state index contributed by atoms with van der Waals surface area (Å²) in [6.45, 7) is 13.9. The lowest BCUT2D eigenvalue weighted by Gasteiger charge is -2.57. The van der Waals surface area contributed by atoms with Crippen LogP contribution in [-0.4, -0.2) is 39.0 Å². The van der Waals surface area contributed by atoms with Crippen molar-refractivity contribution in [3.05, 3.63) is 6.08 Å². The SMILES string of the molecule is CC(C)(C)ON[C@H](C=C=O)C(=O)NC1C(C)(C)SC1(C)C. The minimum absolute atomic E-state index is 0.0283. The molecule has 1 aliphatic heterocycles. The Labute approximate surface area is 131 Å². The first-order valence-electron chi connectivity index (χ1n) is 7.04. The van der Waals surface area contributed by atoms with Crippen molar-refractivity contribution in [3.63, 3.8) is 0 Å². The van der Waals surface area contributed by atoms with Crippen LogP contribution >= 0.6 is 11.8 Å². The lowest BCUT2D eigenvalue weighted by Crippen LogP contribution is -2.68. The molecular weight excluding hydrogens is 288 g/mol. The van der Waals surface area contributed by atoms with Gasteiger partial charge in [-0.15, -0.1) is 11.8 Å². The minimum atomic E-state index is -0.848. The molecule has 1 rings (SSSR count). The monoisotopic (exact) mass is 314 g/mol. The van der Waals surface area contributed by atoms with Crippen LogP contribution in [-0.2, 0) is 14.4 Å². The molecule has 21 heavy (non-hydrogen) atoms. The molecule has 0 unspecified atom stereocenters. The van der Waals surface area contributed by atoms with E-state index < -0.39 is 11.6 Å². The summed E-state index contributed by atoms with van der Waals surface area (Å²) in [5.74, 6) is 1.37. The van der Waals surface area contributed by atoms with Crippen molar-refractivity contribution in [3.8, 4) is 0 Å². The van der Waals surface area contributed by atoms with Gasteiger partial charge in [0, 0.05) is 15.6 Å². The van der Waals surface area contributed by atoms with Gasteiger partial charge in [-0.1, -0.05) is 0 Å². The van der Waals surface area contributed by atoms with Gasteiger partial charge in [0.05, 0.1) is 11.6 Å². The van der Waals surface area contributed by atoms with E-state index in [9.17, 15) is 9.59 Å². The van der Waals surface area contributed by atoms with Crippen molar-refractivity contribution in [2.24, 2.45) is 0 Å². The van der Waals surface area contributed by atoms with Crippen LogP contribution in [0.25, 0.3) is 0 Å². The topological polar surface area (TPSA) is 67.4 Å². The molecule has 1 amide bonds. The van der Waals surface area contributed by atoms with Crippen LogP contribution in [0.15, 0.2) is 6.08 Å². The van der Waals surface area contributed by atoms with E-state index in [4.69, 9.17) is 4.84 Å². The van der Waals surface area contributed by atoms with E-state index in [0.717, 1.165) is 6.08 Å². The summed E-state index contributed by atoms with van der Waals surface area (Å²) in [4.78, 5) is 28.3. The van der Waals surface area contributed by atoms with Gasteiger partial charge in [0.15, 0.2) is 0 Å². The molecule has 1 aliphatic rings. The van der Waals surface area contributed by atoms with E-state index in [-0.39, 0.29) is 21.4 Å². The number of rotatable bonds is 5. The quantitative estimate of drug-likeness (QED) is 0.599. The van der Waals surface area contributed by atoms with Crippen molar-refractivity contribution >= 4 is 23.6 Å². The number of carbonyl (C=O) groups is 1. The van der Waals surface area contributed by atoms with Crippen LogP contribution < -0.4 is 10.8 Å². The van der Waals surface area contributed by atoms with Gasteiger partial charge in [-0.2, -0.15) is 5.48 Å². The molecule has 0 spiro atoms. The zero-order valence-electron chi connectivity index (χ0n) is 13.9. The van der Waals surface area contributed by atoms with E-state index in [1.807, 2.05) is 32.5 Å². The number of thioether (sulfide) groups is 1. The van der Waals surface area contributed by atoms with Gasteiger partial charge in [-0.25, -0.2) is 4.79 Å². The third kappa shape index (κ3) is 4.85. The fourth-order valence-corrected chi connectivity index (χ4v) is 4.74. The van der Waals surface area contributed by atoms with Crippen molar-refractivity contribution in [2.75, 3.05) is 0 Å². The largest absolute Gasteiger partial charge is 0.349 e. The number of amides is 1. The minimum Gasteiger partial charge on any atom is -0.349 e. The van der Waals surface area contributed by atoms with Gasteiger partial charge >= 0.3 is 0 Å². The van der Waals surface area contributed by atoms with E-state index in [0.29, 0.717) is 0 Å². The van der Waals surface area contributed by atoms with Crippen molar-refractivity contribution < 1.29 is 14.4 Å². The lowest BCUT2D eigenvalue weighted by molar-refractivity contribution is -0.132. The summed E-state index contributed by atoms with van der Waals surface area (Å²) in [7, 11) is 0. The molecule has 120 valence electrons. The summed E-state index contributed by atoms with van der Waals surface area (Å²) < 4.78 is -0.0566. The predicted octanol–water partition coefficient (Wildman–Crippen LogP) is 1.85. The van der Waals surface area contributed by atoms with Gasteiger partial charge in [0.2, 0.25) is 5.91 Å². The highest BCUT2D eigenvalue weighted by atomic mass is 32.2. The third-order valence-electron chi connectivity index (χ3n) is 3.21. The molecule has 0 radical (unpaired) electrons. The van der Waals surface area contributed by atoms with Crippen molar-refractivity contribution in [1.29, 1.82) is 0 Å². The molecule has 2 N–H and O–H groups in total.